The summed E-state index contributed by atoms with van der Waals surface area (Å²) < 4.78 is 26.5. The van der Waals surface area contributed by atoms with E-state index in [0.29, 0.717) is 22.0 Å². The second kappa shape index (κ2) is 7.92. The van der Waals surface area contributed by atoms with Gasteiger partial charge in [0.1, 0.15) is 6.54 Å². The number of amides is 1. The van der Waals surface area contributed by atoms with E-state index in [4.69, 9.17) is 11.6 Å². The summed E-state index contributed by atoms with van der Waals surface area (Å²) in [6.45, 7) is 3.27. The summed E-state index contributed by atoms with van der Waals surface area (Å²) in [4.78, 5) is 12.4. The molecule has 0 fully saturated rings. The molecule has 5 nitrogen and oxygen atoms in total. The first-order chi connectivity index (χ1) is 11.6. The van der Waals surface area contributed by atoms with E-state index in [0.717, 1.165) is 19.7 Å². The molecule has 0 radical (unpaired) electrons. The van der Waals surface area contributed by atoms with Crippen molar-refractivity contribution in [1.29, 1.82) is 0 Å². The molecule has 25 heavy (non-hydrogen) atoms. The molecule has 134 valence electrons. The van der Waals surface area contributed by atoms with Gasteiger partial charge in [0.2, 0.25) is 15.9 Å². The second-order valence-electron chi connectivity index (χ2n) is 5.66. The van der Waals surface area contributed by atoms with Gasteiger partial charge in [0.05, 0.1) is 11.9 Å². The predicted molar refractivity (Wildman–Crippen MR) is 111 cm³/mol. The van der Waals surface area contributed by atoms with E-state index in [9.17, 15) is 13.2 Å². The molecule has 0 aromatic heterocycles. The average molecular weight is 493 g/mol. The van der Waals surface area contributed by atoms with Gasteiger partial charge in [-0.15, -0.1) is 0 Å². The summed E-state index contributed by atoms with van der Waals surface area (Å²) in [6.07, 6.45) is 1.07. The van der Waals surface area contributed by atoms with Crippen molar-refractivity contribution in [1.82, 2.24) is 0 Å². The molecule has 0 aliphatic heterocycles. The van der Waals surface area contributed by atoms with Crippen LogP contribution in [0.15, 0.2) is 36.4 Å². The van der Waals surface area contributed by atoms with Crippen molar-refractivity contribution in [2.24, 2.45) is 0 Å². The molecule has 0 bridgehead atoms. The molecule has 0 aliphatic rings. The number of benzene rings is 2. The number of halogens is 2. The third-order valence-corrected chi connectivity index (χ3v) is 5.86. The highest BCUT2D eigenvalue weighted by molar-refractivity contribution is 14.1. The molecule has 2 aromatic carbocycles. The van der Waals surface area contributed by atoms with Crippen LogP contribution < -0.4 is 9.62 Å². The van der Waals surface area contributed by atoms with E-state index in [1.54, 1.807) is 31.2 Å². The fraction of sp³-hybridized carbons (Fsp3) is 0.235. The zero-order valence-electron chi connectivity index (χ0n) is 14.0. The van der Waals surface area contributed by atoms with Crippen molar-refractivity contribution in [3.63, 3.8) is 0 Å². The van der Waals surface area contributed by atoms with Crippen LogP contribution in [0.4, 0.5) is 11.4 Å². The quantitative estimate of drug-likeness (QED) is 0.643. The van der Waals surface area contributed by atoms with Crippen molar-refractivity contribution >= 4 is 61.5 Å². The van der Waals surface area contributed by atoms with Crippen LogP contribution in [0.5, 0.6) is 0 Å². The molecule has 8 heteroatoms. The normalized spacial score (nSPS) is 11.2. The fourth-order valence-electron chi connectivity index (χ4n) is 2.33. The van der Waals surface area contributed by atoms with Gasteiger partial charge >= 0.3 is 0 Å². The third-order valence-electron chi connectivity index (χ3n) is 3.66. The SMILES string of the molecule is Cc1cc(I)ccc1NC(=O)CN(c1cccc(Cl)c1C)S(C)(=O)=O. The van der Waals surface area contributed by atoms with Crippen molar-refractivity contribution in [2.75, 3.05) is 22.4 Å². The maximum absolute atomic E-state index is 12.4. The Balaban J connectivity index is 2.29. The number of nitrogens with one attached hydrogen (secondary N) is 1. The van der Waals surface area contributed by atoms with Crippen molar-refractivity contribution in [3.05, 3.63) is 56.1 Å². The Morgan fingerprint density at radius 1 is 1.24 bits per heavy atom. The van der Waals surface area contributed by atoms with Crippen LogP contribution >= 0.6 is 34.2 Å². The maximum Gasteiger partial charge on any atom is 0.245 e. The van der Waals surface area contributed by atoms with Gasteiger partial charge < -0.3 is 5.32 Å². The van der Waals surface area contributed by atoms with Gasteiger partial charge in [0.15, 0.2) is 0 Å². The Morgan fingerprint density at radius 3 is 2.52 bits per heavy atom. The lowest BCUT2D eigenvalue weighted by atomic mass is 10.2. The van der Waals surface area contributed by atoms with E-state index in [2.05, 4.69) is 27.9 Å². The first-order valence-electron chi connectivity index (χ1n) is 7.38. The molecule has 2 aromatic rings. The van der Waals surface area contributed by atoms with Crippen molar-refractivity contribution < 1.29 is 13.2 Å². The number of nitrogens with zero attached hydrogens (tertiary/aromatic N) is 1. The first kappa shape index (κ1) is 20.0. The Labute approximate surface area is 166 Å². The lowest BCUT2D eigenvalue weighted by molar-refractivity contribution is -0.114. The van der Waals surface area contributed by atoms with Crippen LogP contribution in [-0.2, 0) is 14.8 Å². The lowest BCUT2D eigenvalue weighted by Crippen LogP contribution is -2.38. The van der Waals surface area contributed by atoms with Gasteiger partial charge in [-0.25, -0.2) is 8.42 Å². The number of carbonyl (C=O) groups excluding carboxylic acids is 1. The smallest absolute Gasteiger partial charge is 0.245 e. The molecular formula is C17H18ClIN2O3S. The number of aryl methyl sites for hydroxylation is 1. The topological polar surface area (TPSA) is 66.5 Å². The molecule has 0 atom stereocenters. The zero-order chi connectivity index (χ0) is 18.8. The molecule has 0 aliphatic carbocycles. The molecule has 1 N–H and O–H groups in total. The van der Waals surface area contributed by atoms with Crippen LogP contribution in [0, 0.1) is 17.4 Å². The summed E-state index contributed by atoms with van der Waals surface area (Å²) in [5.41, 5.74) is 2.56. The van der Waals surface area contributed by atoms with Gasteiger partial charge in [-0.2, -0.15) is 0 Å². The summed E-state index contributed by atoms with van der Waals surface area (Å²) in [5, 5.41) is 3.21. The van der Waals surface area contributed by atoms with E-state index in [1.165, 1.54) is 0 Å². The summed E-state index contributed by atoms with van der Waals surface area (Å²) in [6, 6.07) is 10.6. The minimum absolute atomic E-state index is 0.328. The third kappa shape index (κ3) is 5.08. The van der Waals surface area contributed by atoms with Gasteiger partial charge in [-0.3, -0.25) is 9.10 Å². The van der Waals surface area contributed by atoms with E-state index in [1.807, 2.05) is 19.1 Å². The highest BCUT2D eigenvalue weighted by atomic mass is 127. The molecular weight excluding hydrogens is 475 g/mol. The van der Waals surface area contributed by atoms with Gasteiger partial charge in [0, 0.05) is 14.3 Å². The molecule has 0 unspecified atom stereocenters. The van der Waals surface area contributed by atoms with Crippen LogP contribution in [0.3, 0.4) is 0 Å². The van der Waals surface area contributed by atoms with Crippen LogP contribution in [-0.4, -0.2) is 27.1 Å². The maximum atomic E-state index is 12.4. The van der Waals surface area contributed by atoms with Crippen molar-refractivity contribution in [3.8, 4) is 0 Å². The molecule has 0 saturated carbocycles. The van der Waals surface area contributed by atoms with Crippen LogP contribution in [0.2, 0.25) is 5.02 Å². The summed E-state index contributed by atoms with van der Waals surface area (Å²) in [7, 11) is -3.65. The van der Waals surface area contributed by atoms with Gasteiger partial charge in [-0.05, 0) is 77.9 Å². The minimum Gasteiger partial charge on any atom is -0.324 e. The highest BCUT2D eigenvalue weighted by Gasteiger charge is 2.23. The number of hydrogen-bond donors (Lipinski definition) is 1. The van der Waals surface area contributed by atoms with Crippen molar-refractivity contribution in [2.45, 2.75) is 13.8 Å². The van der Waals surface area contributed by atoms with E-state index in [-0.39, 0.29) is 6.54 Å². The molecule has 1 amide bonds. The first-order valence-corrected chi connectivity index (χ1v) is 10.7. The number of rotatable bonds is 5. The Morgan fingerprint density at radius 2 is 1.92 bits per heavy atom. The largest absolute Gasteiger partial charge is 0.324 e. The van der Waals surface area contributed by atoms with Crippen LogP contribution in [0.1, 0.15) is 11.1 Å². The second-order valence-corrected chi connectivity index (χ2v) is 9.22. The van der Waals surface area contributed by atoms with Crippen LogP contribution in [0.25, 0.3) is 0 Å². The van der Waals surface area contributed by atoms with Gasteiger partial charge in [0.25, 0.3) is 0 Å². The Kier molecular flexibility index (Phi) is 6.34. The molecule has 0 spiro atoms. The monoisotopic (exact) mass is 492 g/mol. The lowest BCUT2D eigenvalue weighted by Gasteiger charge is -2.24. The zero-order valence-corrected chi connectivity index (χ0v) is 17.7. The Hall–Kier alpha value is -1.32. The van der Waals surface area contributed by atoms with E-state index < -0.39 is 15.9 Å². The predicted octanol–water partition coefficient (Wildman–Crippen LogP) is 3.97. The summed E-state index contributed by atoms with van der Waals surface area (Å²) >= 11 is 8.27. The summed E-state index contributed by atoms with van der Waals surface area (Å²) in [5.74, 6) is -0.422. The van der Waals surface area contributed by atoms with Gasteiger partial charge in [-0.1, -0.05) is 17.7 Å². The number of carbonyl (C=O) groups is 1. The molecule has 0 saturated heterocycles. The Bertz CT molecular complexity index is 916. The minimum atomic E-state index is -3.65. The molecule has 0 heterocycles. The van der Waals surface area contributed by atoms with E-state index >= 15 is 0 Å². The number of sulfonamides is 1. The number of anilines is 2. The molecule has 2 rings (SSSR count). The fourth-order valence-corrected chi connectivity index (χ4v) is 4.06. The highest BCUT2D eigenvalue weighted by Crippen LogP contribution is 2.28. The average Bonchev–Trinajstić information content (AvgIpc) is 2.50. The number of hydrogen-bond acceptors (Lipinski definition) is 3. The standard InChI is InChI=1S/C17H18ClIN2O3S/c1-11-9-13(19)7-8-15(11)20-17(22)10-21(25(3,23)24)16-6-4-5-14(18)12(16)2/h4-9H,10H2,1-3H3,(H,20,22).